The van der Waals surface area contributed by atoms with Gasteiger partial charge in [-0.15, -0.1) is 11.3 Å². The summed E-state index contributed by atoms with van der Waals surface area (Å²) >= 11 is 1.62. The highest BCUT2D eigenvalue weighted by Crippen LogP contribution is 2.13. The highest BCUT2D eigenvalue weighted by atomic mass is 32.1. The van der Waals surface area contributed by atoms with Gasteiger partial charge in [0.1, 0.15) is 11.6 Å². The second kappa shape index (κ2) is 8.16. The van der Waals surface area contributed by atoms with E-state index >= 15 is 0 Å². The third kappa shape index (κ3) is 5.76. The van der Waals surface area contributed by atoms with Crippen LogP contribution in [0.5, 0.6) is 0 Å². The van der Waals surface area contributed by atoms with Crippen LogP contribution in [0.4, 0.5) is 0 Å². The average molecular weight is 258 g/mol. The van der Waals surface area contributed by atoms with Crippen LogP contribution < -0.4 is 5.32 Å². The highest BCUT2D eigenvalue weighted by molar-refractivity contribution is 7.09. The van der Waals surface area contributed by atoms with Gasteiger partial charge in [0.2, 0.25) is 0 Å². The lowest BCUT2D eigenvalue weighted by molar-refractivity contribution is -0.148. The van der Waals surface area contributed by atoms with E-state index in [-0.39, 0.29) is 18.6 Å². The Morgan fingerprint density at radius 1 is 1.65 bits per heavy atom. The van der Waals surface area contributed by atoms with Crippen molar-refractivity contribution in [3.63, 3.8) is 0 Å². The Hall–Kier alpha value is -0.980. The van der Waals surface area contributed by atoms with E-state index < -0.39 is 0 Å². The Bertz CT molecular complexity index is 317. The standard InChI is InChI=1S/C11H18N2O3S/c1-3-16-10(14)8-15-6-4-12-9(2)11-13-5-7-17-11/h5,7,9,12H,3-4,6,8H2,1-2H3. The summed E-state index contributed by atoms with van der Waals surface area (Å²) in [5.74, 6) is -0.319. The highest BCUT2D eigenvalue weighted by Gasteiger charge is 2.06. The third-order valence-electron chi connectivity index (χ3n) is 2.04. The first kappa shape index (κ1) is 14.1. The van der Waals surface area contributed by atoms with Crippen LogP contribution >= 0.6 is 11.3 Å². The van der Waals surface area contributed by atoms with Gasteiger partial charge in [0.05, 0.1) is 19.3 Å². The zero-order valence-corrected chi connectivity index (χ0v) is 11.0. The molecule has 17 heavy (non-hydrogen) atoms. The molecule has 0 aliphatic rings. The Morgan fingerprint density at radius 2 is 2.47 bits per heavy atom. The number of esters is 1. The maximum Gasteiger partial charge on any atom is 0.332 e. The third-order valence-corrected chi connectivity index (χ3v) is 3.00. The van der Waals surface area contributed by atoms with Crippen molar-refractivity contribution in [2.75, 3.05) is 26.4 Å². The molecule has 1 atom stereocenters. The molecule has 5 nitrogen and oxygen atoms in total. The van der Waals surface area contributed by atoms with Gasteiger partial charge >= 0.3 is 5.97 Å². The zero-order valence-electron chi connectivity index (χ0n) is 10.1. The lowest BCUT2D eigenvalue weighted by Crippen LogP contribution is -2.24. The Morgan fingerprint density at radius 3 is 3.12 bits per heavy atom. The Balaban J connectivity index is 2.03. The fraction of sp³-hybridized carbons (Fsp3) is 0.636. The van der Waals surface area contributed by atoms with Crippen molar-refractivity contribution >= 4 is 17.3 Å². The predicted octanol–water partition coefficient (Wildman–Crippen LogP) is 1.37. The van der Waals surface area contributed by atoms with E-state index in [9.17, 15) is 4.79 Å². The van der Waals surface area contributed by atoms with E-state index in [1.54, 1.807) is 24.5 Å². The van der Waals surface area contributed by atoms with Gasteiger partial charge in [-0.1, -0.05) is 0 Å². The molecule has 0 amide bonds. The lowest BCUT2D eigenvalue weighted by Gasteiger charge is -2.10. The molecular formula is C11H18N2O3S. The summed E-state index contributed by atoms with van der Waals surface area (Å²) in [4.78, 5) is 15.2. The average Bonchev–Trinajstić information content (AvgIpc) is 2.82. The summed E-state index contributed by atoms with van der Waals surface area (Å²) in [5.41, 5.74) is 0. The van der Waals surface area contributed by atoms with Gasteiger partial charge in [0.15, 0.2) is 0 Å². The minimum absolute atomic E-state index is 0.0150. The summed E-state index contributed by atoms with van der Waals surface area (Å²) in [6.45, 7) is 5.39. The van der Waals surface area contributed by atoms with E-state index in [4.69, 9.17) is 9.47 Å². The smallest absolute Gasteiger partial charge is 0.332 e. The molecule has 0 fully saturated rings. The molecule has 1 heterocycles. The number of hydrogen-bond acceptors (Lipinski definition) is 6. The van der Waals surface area contributed by atoms with Crippen molar-refractivity contribution in [2.24, 2.45) is 0 Å². The van der Waals surface area contributed by atoms with Crippen LogP contribution in [0.15, 0.2) is 11.6 Å². The second-order valence-corrected chi connectivity index (χ2v) is 4.33. The van der Waals surface area contributed by atoms with Crippen molar-refractivity contribution in [3.8, 4) is 0 Å². The van der Waals surface area contributed by atoms with Crippen molar-refractivity contribution in [3.05, 3.63) is 16.6 Å². The van der Waals surface area contributed by atoms with Crippen LogP contribution in [0, 0.1) is 0 Å². The van der Waals surface area contributed by atoms with Gasteiger partial charge in [-0.2, -0.15) is 0 Å². The van der Waals surface area contributed by atoms with Crippen molar-refractivity contribution in [1.29, 1.82) is 0 Å². The number of ether oxygens (including phenoxy) is 2. The zero-order chi connectivity index (χ0) is 12.5. The van der Waals surface area contributed by atoms with Gasteiger partial charge in [0.25, 0.3) is 0 Å². The molecule has 1 unspecified atom stereocenters. The Labute approximate surface area is 105 Å². The molecule has 0 aromatic carbocycles. The molecule has 1 N–H and O–H groups in total. The van der Waals surface area contributed by atoms with E-state index in [1.807, 2.05) is 12.3 Å². The van der Waals surface area contributed by atoms with Crippen LogP contribution in [-0.2, 0) is 14.3 Å². The van der Waals surface area contributed by atoms with Crippen molar-refractivity contribution in [2.45, 2.75) is 19.9 Å². The van der Waals surface area contributed by atoms with Crippen LogP contribution in [-0.4, -0.2) is 37.3 Å². The van der Waals surface area contributed by atoms with Gasteiger partial charge in [-0.05, 0) is 13.8 Å². The van der Waals surface area contributed by atoms with Crippen LogP contribution in [0.25, 0.3) is 0 Å². The molecule has 1 rings (SSSR count). The number of thiazole rings is 1. The molecule has 0 aliphatic carbocycles. The molecular weight excluding hydrogens is 240 g/mol. The monoisotopic (exact) mass is 258 g/mol. The minimum atomic E-state index is -0.319. The molecule has 0 radical (unpaired) electrons. The first-order chi connectivity index (χ1) is 8.24. The maximum atomic E-state index is 11.0. The number of hydrogen-bond donors (Lipinski definition) is 1. The van der Waals surface area contributed by atoms with Gasteiger partial charge in [-0.25, -0.2) is 9.78 Å². The quantitative estimate of drug-likeness (QED) is 0.564. The van der Waals surface area contributed by atoms with E-state index in [2.05, 4.69) is 10.3 Å². The Kier molecular flexibility index (Phi) is 6.76. The molecule has 96 valence electrons. The second-order valence-electron chi connectivity index (χ2n) is 3.40. The van der Waals surface area contributed by atoms with Crippen LogP contribution in [0.3, 0.4) is 0 Å². The minimum Gasteiger partial charge on any atom is -0.464 e. The summed E-state index contributed by atoms with van der Waals surface area (Å²) in [7, 11) is 0. The summed E-state index contributed by atoms with van der Waals surface area (Å²) in [6.07, 6.45) is 1.79. The van der Waals surface area contributed by atoms with Gasteiger partial charge < -0.3 is 14.8 Å². The topological polar surface area (TPSA) is 60.5 Å². The van der Waals surface area contributed by atoms with E-state index in [0.29, 0.717) is 19.8 Å². The number of carbonyl (C=O) groups is 1. The molecule has 6 heteroatoms. The summed E-state index contributed by atoms with van der Waals surface area (Å²) in [6, 6.07) is 0.209. The summed E-state index contributed by atoms with van der Waals surface area (Å²) in [5, 5.41) is 6.26. The molecule has 0 saturated carbocycles. The number of nitrogens with zero attached hydrogens (tertiary/aromatic N) is 1. The number of aromatic nitrogens is 1. The van der Waals surface area contributed by atoms with E-state index in [0.717, 1.165) is 5.01 Å². The van der Waals surface area contributed by atoms with Gasteiger partial charge in [0, 0.05) is 18.1 Å². The first-order valence-electron chi connectivity index (χ1n) is 5.60. The number of carbonyl (C=O) groups excluding carboxylic acids is 1. The largest absolute Gasteiger partial charge is 0.464 e. The van der Waals surface area contributed by atoms with E-state index in [1.165, 1.54) is 0 Å². The normalized spacial score (nSPS) is 12.4. The molecule has 0 spiro atoms. The fourth-order valence-electron chi connectivity index (χ4n) is 1.24. The molecule has 0 aliphatic heterocycles. The molecule has 1 aromatic heterocycles. The number of rotatable bonds is 8. The number of nitrogens with one attached hydrogen (secondary N) is 1. The van der Waals surface area contributed by atoms with Crippen LogP contribution in [0.2, 0.25) is 0 Å². The first-order valence-corrected chi connectivity index (χ1v) is 6.48. The predicted molar refractivity (Wildman–Crippen MR) is 66.0 cm³/mol. The molecule has 1 aromatic rings. The van der Waals surface area contributed by atoms with Crippen molar-refractivity contribution in [1.82, 2.24) is 10.3 Å². The van der Waals surface area contributed by atoms with Crippen LogP contribution in [0.1, 0.15) is 24.9 Å². The van der Waals surface area contributed by atoms with Gasteiger partial charge in [-0.3, -0.25) is 0 Å². The molecule has 0 bridgehead atoms. The molecule has 0 saturated heterocycles. The fourth-order valence-corrected chi connectivity index (χ4v) is 1.91. The summed E-state index contributed by atoms with van der Waals surface area (Å²) < 4.78 is 9.90. The lowest BCUT2D eigenvalue weighted by atomic mass is 10.3. The maximum absolute atomic E-state index is 11.0. The van der Waals surface area contributed by atoms with Crippen molar-refractivity contribution < 1.29 is 14.3 Å². The SMILES string of the molecule is CCOC(=O)COCCNC(C)c1nccs1.